The minimum absolute atomic E-state index is 0.294. The number of rotatable bonds is 4. The Kier molecular flexibility index (Phi) is 2.96. The van der Waals surface area contributed by atoms with Crippen LogP contribution in [0.25, 0.3) is 17.0 Å². The number of methoxy groups -OCH3 is 1. The van der Waals surface area contributed by atoms with E-state index in [2.05, 4.69) is 20.2 Å². The maximum atomic E-state index is 6.08. The van der Waals surface area contributed by atoms with E-state index in [0.29, 0.717) is 23.9 Å². The van der Waals surface area contributed by atoms with Crippen LogP contribution in [0, 0.1) is 0 Å². The molecule has 3 aromatic heterocycles. The Balaban J connectivity index is 2.02. The highest BCUT2D eigenvalue weighted by Gasteiger charge is 2.28. The third-order valence-electron chi connectivity index (χ3n) is 2.94. The van der Waals surface area contributed by atoms with E-state index in [9.17, 15) is 0 Å². The molecule has 2 N–H and O–H groups in total. The van der Waals surface area contributed by atoms with Crippen molar-refractivity contribution in [2.75, 3.05) is 13.7 Å². The SMILES string of the molecule is COCC(C)(N)c1noc(-c2cnn3ccncc23)n1. The van der Waals surface area contributed by atoms with Gasteiger partial charge in [-0.2, -0.15) is 10.1 Å². The zero-order valence-corrected chi connectivity index (χ0v) is 11.1. The summed E-state index contributed by atoms with van der Waals surface area (Å²) in [6, 6.07) is 0. The first-order chi connectivity index (χ1) is 9.62. The van der Waals surface area contributed by atoms with E-state index in [1.165, 1.54) is 0 Å². The second kappa shape index (κ2) is 4.66. The molecule has 0 aliphatic heterocycles. The first-order valence-corrected chi connectivity index (χ1v) is 6.01. The number of nitrogens with two attached hydrogens (primary N) is 1. The lowest BCUT2D eigenvalue weighted by atomic mass is 10.1. The monoisotopic (exact) mass is 274 g/mol. The summed E-state index contributed by atoms with van der Waals surface area (Å²) in [6.07, 6.45) is 6.73. The lowest BCUT2D eigenvalue weighted by molar-refractivity contribution is 0.135. The van der Waals surface area contributed by atoms with Crippen LogP contribution < -0.4 is 5.73 Å². The second-order valence-electron chi connectivity index (χ2n) is 4.74. The first kappa shape index (κ1) is 12.7. The van der Waals surface area contributed by atoms with E-state index < -0.39 is 5.54 Å². The van der Waals surface area contributed by atoms with Crippen LogP contribution >= 0.6 is 0 Å². The Morgan fingerprint density at radius 2 is 2.30 bits per heavy atom. The molecule has 20 heavy (non-hydrogen) atoms. The number of ether oxygens (including phenoxy) is 1. The molecule has 0 spiro atoms. The van der Waals surface area contributed by atoms with Crippen LogP contribution in [0.4, 0.5) is 0 Å². The molecule has 0 aromatic carbocycles. The molecule has 0 aliphatic rings. The molecule has 3 rings (SSSR count). The molecular weight excluding hydrogens is 260 g/mol. The van der Waals surface area contributed by atoms with E-state index in [-0.39, 0.29) is 0 Å². The Morgan fingerprint density at radius 1 is 1.45 bits per heavy atom. The first-order valence-electron chi connectivity index (χ1n) is 6.01. The fraction of sp³-hybridized carbons (Fsp3) is 0.333. The van der Waals surface area contributed by atoms with Crippen molar-refractivity contribution in [3.05, 3.63) is 30.6 Å². The van der Waals surface area contributed by atoms with E-state index in [4.69, 9.17) is 15.0 Å². The van der Waals surface area contributed by atoms with Gasteiger partial charge in [-0.25, -0.2) is 4.52 Å². The largest absolute Gasteiger partial charge is 0.382 e. The van der Waals surface area contributed by atoms with Gasteiger partial charge in [-0.05, 0) is 6.92 Å². The number of nitrogens with zero attached hydrogens (tertiary/aromatic N) is 5. The van der Waals surface area contributed by atoms with E-state index >= 15 is 0 Å². The van der Waals surface area contributed by atoms with Crippen LogP contribution in [0.5, 0.6) is 0 Å². The molecule has 8 heteroatoms. The van der Waals surface area contributed by atoms with Gasteiger partial charge in [-0.1, -0.05) is 5.16 Å². The third-order valence-corrected chi connectivity index (χ3v) is 2.94. The molecule has 0 saturated carbocycles. The summed E-state index contributed by atoms with van der Waals surface area (Å²) in [5, 5.41) is 8.12. The average molecular weight is 274 g/mol. The molecule has 1 unspecified atom stereocenters. The van der Waals surface area contributed by atoms with Crippen molar-refractivity contribution < 1.29 is 9.26 Å². The fourth-order valence-corrected chi connectivity index (χ4v) is 1.93. The summed E-state index contributed by atoms with van der Waals surface area (Å²) < 4.78 is 12.0. The van der Waals surface area contributed by atoms with Crippen LogP contribution in [0.3, 0.4) is 0 Å². The third kappa shape index (κ3) is 2.04. The van der Waals surface area contributed by atoms with Gasteiger partial charge in [0.1, 0.15) is 5.54 Å². The van der Waals surface area contributed by atoms with Crippen LogP contribution in [-0.2, 0) is 10.3 Å². The van der Waals surface area contributed by atoms with Crippen molar-refractivity contribution in [2.45, 2.75) is 12.5 Å². The molecule has 3 heterocycles. The lowest BCUT2D eigenvalue weighted by Crippen LogP contribution is -2.38. The van der Waals surface area contributed by atoms with Crippen molar-refractivity contribution in [1.82, 2.24) is 24.7 Å². The summed E-state index contributed by atoms with van der Waals surface area (Å²) >= 11 is 0. The summed E-state index contributed by atoms with van der Waals surface area (Å²) in [5.41, 5.74) is 6.78. The quantitative estimate of drug-likeness (QED) is 0.742. The molecule has 104 valence electrons. The number of hydrogen-bond donors (Lipinski definition) is 1. The van der Waals surface area contributed by atoms with Crippen molar-refractivity contribution in [3.8, 4) is 11.5 Å². The molecule has 1 atom stereocenters. The average Bonchev–Trinajstić information content (AvgIpc) is 3.05. The molecule has 0 radical (unpaired) electrons. The topological polar surface area (TPSA) is 104 Å². The predicted molar refractivity (Wildman–Crippen MR) is 69.7 cm³/mol. The maximum Gasteiger partial charge on any atom is 0.261 e. The molecule has 0 bridgehead atoms. The van der Waals surface area contributed by atoms with Gasteiger partial charge in [0.15, 0.2) is 5.82 Å². The van der Waals surface area contributed by atoms with Crippen molar-refractivity contribution in [3.63, 3.8) is 0 Å². The standard InChI is InChI=1S/C12H14N6O2/c1-12(13,7-19-2)11-16-10(20-17-11)8-5-15-18-4-3-14-6-9(8)18/h3-6H,7,13H2,1-2H3. The summed E-state index contributed by atoms with van der Waals surface area (Å²) in [6.45, 7) is 2.07. The second-order valence-corrected chi connectivity index (χ2v) is 4.74. The highest BCUT2D eigenvalue weighted by molar-refractivity contribution is 5.73. The van der Waals surface area contributed by atoms with Crippen molar-refractivity contribution in [2.24, 2.45) is 5.73 Å². The predicted octanol–water partition coefficient (Wildman–Crippen LogP) is 0.600. The molecule has 0 amide bonds. The van der Waals surface area contributed by atoms with Crippen molar-refractivity contribution >= 4 is 5.52 Å². The van der Waals surface area contributed by atoms with Gasteiger partial charge >= 0.3 is 0 Å². The molecule has 0 aliphatic carbocycles. The van der Waals surface area contributed by atoms with Gasteiger partial charge in [-0.3, -0.25) is 4.98 Å². The Labute approximate surface area is 114 Å². The zero-order valence-electron chi connectivity index (χ0n) is 11.1. The number of hydrogen-bond acceptors (Lipinski definition) is 7. The van der Waals surface area contributed by atoms with Crippen LogP contribution in [0.1, 0.15) is 12.7 Å². The Hall–Kier alpha value is -2.32. The highest BCUT2D eigenvalue weighted by Crippen LogP contribution is 2.24. The molecule has 3 aromatic rings. The summed E-state index contributed by atoms with van der Waals surface area (Å²) in [7, 11) is 1.57. The van der Waals surface area contributed by atoms with E-state index in [1.807, 2.05) is 0 Å². The lowest BCUT2D eigenvalue weighted by Gasteiger charge is -2.18. The van der Waals surface area contributed by atoms with Gasteiger partial charge in [-0.15, -0.1) is 0 Å². The molecular formula is C12H14N6O2. The fourth-order valence-electron chi connectivity index (χ4n) is 1.93. The number of aromatic nitrogens is 5. The van der Waals surface area contributed by atoms with E-state index in [1.54, 1.807) is 43.3 Å². The van der Waals surface area contributed by atoms with Crippen LogP contribution in [0.15, 0.2) is 29.3 Å². The maximum absolute atomic E-state index is 6.08. The van der Waals surface area contributed by atoms with Gasteiger partial charge in [0.25, 0.3) is 5.89 Å². The Bertz CT molecular complexity index is 732. The van der Waals surface area contributed by atoms with Crippen LogP contribution in [0.2, 0.25) is 0 Å². The van der Waals surface area contributed by atoms with Crippen molar-refractivity contribution in [1.29, 1.82) is 0 Å². The minimum atomic E-state index is -0.808. The molecule has 0 saturated heterocycles. The summed E-state index contributed by atoms with van der Waals surface area (Å²) in [4.78, 5) is 8.39. The summed E-state index contributed by atoms with van der Waals surface area (Å²) in [5.74, 6) is 0.744. The van der Waals surface area contributed by atoms with Gasteiger partial charge in [0.05, 0.1) is 30.1 Å². The molecule has 8 nitrogen and oxygen atoms in total. The van der Waals surface area contributed by atoms with Gasteiger partial charge < -0.3 is 15.0 Å². The zero-order chi connectivity index (χ0) is 14.2. The van der Waals surface area contributed by atoms with Gasteiger partial charge in [0.2, 0.25) is 0 Å². The number of fused-ring (bicyclic) bond motifs is 1. The normalized spacial score (nSPS) is 14.6. The smallest absolute Gasteiger partial charge is 0.261 e. The Morgan fingerprint density at radius 3 is 3.10 bits per heavy atom. The highest BCUT2D eigenvalue weighted by atomic mass is 16.5. The van der Waals surface area contributed by atoms with E-state index in [0.717, 1.165) is 5.52 Å². The molecule has 0 fully saturated rings. The van der Waals surface area contributed by atoms with Gasteiger partial charge in [0, 0.05) is 19.5 Å². The minimum Gasteiger partial charge on any atom is -0.382 e. The van der Waals surface area contributed by atoms with Crippen LogP contribution in [-0.4, -0.2) is 38.5 Å².